The molecule has 0 bridgehead atoms. The summed E-state index contributed by atoms with van der Waals surface area (Å²) >= 11 is 5.67. The van der Waals surface area contributed by atoms with Crippen LogP contribution in [0, 0.1) is 0 Å². The number of benzene rings is 1. The van der Waals surface area contributed by atoms with E-state index in [1.54, 1.807) is 13.0 Å². The van der Waals surface area contributed by atoms with Crippen LogP contribution < -0.4 is 4.74 Å². The molecule has 2 N–H and O–H groups in total. The molecule has 82 valence electrons. The van der Waals surface area contributed by atoms with Gasteiger partial charge in [-0.3, -0.25) is 0 Å². The Morgan fingerprint density at radius 3 is 2.80 bits per heavy atom. The van der Waals surface area contributed by atoms with Gasteiger partial charge in [0.05, 0.1) is 16.7 Å². The number of ether oxygens (including phenoxy) is 1. The maximum Gasteiger partial charge on any atom is 0.337 e. The number of hydrogen-bond acceptors (Lipinski definition) is 3. The Labute approximate surface area is 92.1 Å². The largest absolute Gasteiger partial charge is 0.491 e. The van der Waals surface area contributed by atoms with Crippen LogP contribution in [0.25, 0.3) is 0 Å². The van der Waals surface area contributed by atoms with E-state index in [1.807, 2.05) is 0 Å². The second kappa shape index (κ2) is 5.00. The Kier molecular flexibility index (Phi) is 3.94. The number of halogens is 1. The van der Waals surface area contributed by atoms with Crippen LogP contribution in [-0.4, -0.2) is 28.9 Å². The van der Waals surface area contributed by atoms with E-state index >= 15 is 0 Å². The molecule has 0 radical (unpaired) electrons. The molecule has 1 atom stereocenters. The molecule has 5 heteroatoms. The van der Waals surface area contributed by atoms with Crippen LogP contribution in [0.3, 0.4) is 0 Å². The number of hydrogen-bond donors (Lipinski definition) is 2. The van der Waals surface area contributed by atoms with E-state index in [0.29, 0.717) is 5.75 Å². The smallest absolute Gasteiger partial charge is 0.337 e. The molecule has 0 heterocycles. The van der Waals surface area contributed by atoms with Crippen LogP contribution in [-0.2, 0) is 0 Å². The zero-order valence-electron chi connectivity index (χ0n) is 8.11. The number of aromatic carboxylic acids is 1. The maximum atomic E-state index is 10.7. The quantitative estimate of drug-likeness (QED) is 0.828. The number of aliphatic hydroxyl groups excluding tert-OH is 1. The summed E-state index contributed by atoms with van der Waals surface area (Å²) in [6.07, 6.45) is -0.603. The van der Waals surface area contributed by atoms with Gasteiger partial charge in [0.15, 0.2) is 0 Å². The van der Waals surface area contributed by atoms with E-state index in [1.165, 1.54) is 12.1 Å². The summed E-state index contributed by atoms with van der Waals surface area (Å²) in [4.78, 5) is 10.7. The van der Waals surface area contributed by atoms with Crippen LogP contribution in [0.1, 0.15) is 17.3 Å². The van der Waals surface area contributed by atoms with Crippen molar-refractivity contribution in [2.45, 2.75) is 13.0 Å². The Morgan fingerprint density at radius 1 is 1.60 bits per heavy atom. The second-order valence-corrected chi connectivity index (χ2v) is 3.51. The highest BCUT2D eigenvalue weighted by Gasteiger charge is 2.10. The van der Waals surface area contributed by atoms with Gasteiger partial charge >= 0.3 is 5.97 Å². The van der Waals surface area contributed by atoms with Crippen molar-refractivity contribution in [1.82, 2.24) is 0 Å². The molecule has 0 aliphatic carbocycles. The molecule has 0 aromatic heterocycles. The molecule has 1 aromatic carbocycles. The van der Waals surface area contributed by atoms with Crippen LogP contribution in [0.2, 0.25) is 5.02 Å². The van der Waals surface area contributed by atoms with Crippen molar-refractivity contribution in [2.24, 2.45) is 0 Å². The van der Waals surface area contributed by atoms with E-state index in [9.17, 15) is 4.79 Å². The first kappa shape index (κ1) is 11.8. The minimum absolute atomic E-state index is 0.0141. The molecule has 0 spiro atoms. The van der Waals surface area contributed by atoms with Crippen LogP contribution in [0.5, 0.6) is 5.75 Å². The molecule has 0 aliphatic heterocycles. The summed E-state index contributed by atoms with van der Waals surface area (Å²) in [5, 5.41) is 17.9. The Bertz CT molecular complexity index is 362. The highest BCUT2D eigenvalue weighted by Crippen LogP contribution is 2.22. The van der Waals surface area contributed by atoms with Gasteiger partial charge < -0.3 is 14.9 Å². The zero-order chi connectivity index (χ0) is 11.4. The fourth-order valence-electron chi connectivity index (χ4n) is 0.975. The van der Waals surface area contributed by atoms with Gasteiger partial charge in [0.25, 0.3) is 0 Å². The van der Waals surface area contributed by atoms with Gasteiger partial charge in [-0.1, -0.05) is 11.6 Å². The topological polar surface area (TPSA) is 66.8 Å². The number of carboxylic acids is 1. The Morgan fingerprint density at radius 2 is 2.27 bits per heavy atom. The van der Waals surface area contributed by atoms with E-state index in [2.05, 4.69) is 0 Å². The fraction of sp³-hybridized carbons (Fsp3) is 0.300. The lowest BCUT2D eigenvalue weighted by molar-refractivity contribution is 0.0696. The summed E-state index contributed by atoms with van der Waals surface area (Å²) in [6, 6.07) is 4.33. The van der Waals surface area contributed by atoms with Crippen molar-refractivity contribution in [1.29, 1.82) is 0 Å². The average Bonchev–Trinajstić information content (AvgIpc) is 2.16. The van der Waals surface area contributed by atoms with E-state index < -0.39 is 12.1 Å². The Balaban J connectivity index is 2.83. The van der Waals surface area contributed by atoms with Gasteiger partial charge in [-0.15, -0.1) is 0 Å². The molecule has 0 saturated carbocycles. The summed E-state index contributed by atoms with van der Waals surface area (Å²) in [7, 11) is 0. The molecule has 1 aromatic rings. The Hall–Kier alpha value is -1.26. The lowest BCUT2D eigenvalue weighted by Crippen LogP contribution is -2.13. The minimum atomic E-state index is -1.11. The van der Waals surface area contributed by atoms with Crippen LogP contribution >= 0.6 is 11.6 Å². The van der Waals surface area contributed by atoms with E-state index in [-0.39, 0.29) is 17.2 Å². The van der Waals surface area contributed by atoms with Crippen molar-refractivity contribution >= 4 is 17.6 Å². The fourth-order valence-corrected chi connectivity index (χ4v) is 1.17. The summed E-state index contributed by atoms with van der Waals surface area (Å²) in [5.74, 6) is -0.736. The third kappa shape index (κ3) is 3.42. The summed E-state index contributed by atoms with van der Waals surface area (Å²) < 4.78 is 5.14. The van der Waals surface area contributed by atoms with Gasteiger partial charge in [-0.2, -0.15) is 0 Å². The van der Waals surface area contributed by atoms with Crippen LogP contribution in [0.15, 0.2) is 18.2 Å². The lowest BCUT2D eigenvalue weighted by Gasteiger charge is -2.09. The first-order chi connectivity index (χ1) is 7.00. The van der Waals surface area contributed by atoms with Gasteiger partial charge in [0.1, 0.15) is 12.4 Å². The summed E-state index contributed by atoms with van der Waals surface area (Å²) in [5.41, 5.74) is -0.0141. The molecule has 0 fully saturated rings. The predicted molar refractivity (Wildman–Crippen MR) is 55.6 cm³/mol. The highest BCUT2D eigenvalue weighted by atomic mass is 35.5. The zero-order valence-corrected chi connectivity index (χ0v) is 8.86. The third-order valence-corrected chi connectivity index (χ3v) is 1.99. The summed E-state index contributed by atoms with van der Waals surface area (Å²) in [6.45, 7) is 1.69. The van der Waals surface area contributed by atoms with Crippen molar-refractivity contribution in [3.05, 3.63) is 28.8 Å². The predicted octanol–water partition coefficient (Wildman–Crippen LogP) is 1.80. The molecular weight excluding hydrogens is 220 g/mol. The number of aliphatic hydroxyl groups is 1. The molecule has 0 amide bonds. The van der Waals surface area contributed by atoms with Gasteiger partial charge in [0.2, 0.25) is 0 Å². The van der Waals surface area contributed by atoms with E-state index in [4.69, 9.17) is 26.6 Å². The lowest BCUT2D eigenvalue weighted by atomic mass is 10.2. The third-order valence-electron chi connectivity index (χ3n) is 1.66. The normalized spacial score (nSPS) is 12.2. The molecule has 1 unspecified atom stereocenters. The molecule has 0 saturated heterocycles. The average molecular weight is 231 g/mol. The molecule has 1 rings (SSSR count). The maximum absolute atomic E-state index is 10.7. The molecule has 4 nitrogen and oxygen atoms in total. The van der Waals surface area contributed by atoms with E-state index in [0.717, 1.165) is 0 Å². The number of carboxylic acid groups (broad SMARTS) is 1. The minimum Gasteiger partial charge on any atom is -0.491 e. The van der Waals surface area contributed by atoms with Crippen molar-refractivity contribution in [3.8, 4) is 5.75 Å². The second-order valence-electron chi connectivity index (χ2n) is 3.11. The highest BCUT2D eigenvalue weighted by molar-refractivity contribution is 6.33. The number of rotatable bonds is 4. The van der Waals surface area contributed by atoms with Gasteiger partial charge in [-0.05, 0) is 25.1 Å². The van der Waals surface area contributed by atoms with Crippen molar-refractivity contribution in [3.63, 3.8) is 0 Å². The number of carbonyl (C=O) groups is 1. The first-order valence-electron chi connectivity index (χ1n) is 4.34. The first-order valence-corrected chi connectivity index (χ1v) is 4.72. The molecular formula is C10H11ClO4. The standard InChI is InChI=1S/C10H11ClO4/c1-6(12)5-15-7-2-3-9(11)8(4-7)10(13)14/h2-4,6,12H,5H2,1H3,(H,13,14). The molecule has 15 heavy (non-hydrogen) atoms. The SMILES string of the molecule is CC(O)COc1ccc(Cl)c(C(=O)O)c1. The van der Waals surface area contributed by atoms with Gasteiger partial charge in [-0.25, -0.2) is 4.79 Å². The van der Waals surface area contributed by atoms with Crippen molar-refractivity contribution < 1.29 is 19.7 Å². The molecule has 0 aliphatic rings. The van der Waals surface area contributed by atoms with Crippen LogP contribution in [0.4, 0.5) is 0 Å². The van der Waals surface area contributed by atoms with Gasteiger partial charge in [0, 0.05) is 0 Å². The monoisotopic (exact) mass is 230 g/mol. The van der Waals surface area contributed by atoms with Crippen molar-refractivity contribution in [2.75, 3.05) is 6.61 Å².